The van der Waals surface area contributed by atoms with E-state index in [1.165, 1.54) is 5.56 Å². The number of hydrogen-bond acceptors (Lipinski definition) is 2. The molecule has 13 heavy (non-hydrogen) atoms. The summed E-state index contributed by atoms with van der Waals surface area (Å²) in [6.45, 7) is 2.02. The van der Waals surface area contributed by atoms with Gasteiger partial charge in [-0.25, -0.2) is 0 Å². The van der Waals surface area contributed by atoms with Crippen molar-refractivity contribution in [3.8, 4) is 0 Å². The summed E-state index contributed by atoms with van der Waals surface area (Å²) in [6, 6.07) is 7.56. The molecule has 0 aliphatic rings. The van der Waals surface area contributed by atoms with Crippen molar-refractivity contribution >= 4 is 6.29 Å². The Kier molecular flexibility index (Phi) is 3.65. The number of benzene rings is 1. The molecule has 0 N–H and O–H groups in total. The van der Waals surface area contributed by atoms with Crippen molar-refractivity contribution in [3.63, 3.8) is 0 Å². The first-order valence-corrected chi connectivity index (χ1v) is 4.33. The lowest BCUT2D eigenvalue weighted by atomic mass is 10.1. The van der Waals surface area contributed by atoms with Crippen molar-refractivity contribution in [2.45, 2.75) is 19.4 Å². The van der Waals surface area contributed by atoms with E-state index in [0.29, 0.717) is 5.56 Å². The standard InChI is InChI=1S/C11H14O2/c1-9(13-2)7-10-3-5-11(8-12)6-4-10/h3-6,8-9H,7H2,1-2H3. The van der Waals surface area contributed by atoms with Gasteiger partial charge in [0.05, 0.1) is 6.10 Å². The smallest absolute Gasteiger partial charge is 0.150 e. The predicted octanol–water partition coefficient (Wildman–Crippen LogP) is 2.08. The summed E-state index contributed by atoms with van der Waals surface area (Å²) < 4.78 is 5.14. The summed E-state index contributed by atoms with van der Waals surface area (Å²) in [6.07, 6.45) is 1.96. The molecule has 0 amide bonds. The van der Waals surface area contributed by atoms with Gasteiger partial charge in [-0.2, -0.15) is 0 Å². The Hall–Kier alpha value is -1.15. The monoisotopic (exact) mass is 178 g/mol. The topological polar surface area (TPSA) is 26.3 Å². The molecule has 0 radical (unpaired) electrons. The second-order valence-corrected chi connectivity index (χ2v) is 3.11. The second-order valence-electron chi connectivity index (χ2n) is 3.11. The lowest BCUT2D eigenvalue weighted by molar-refractivity contribution is 0.112. The Bertz CT molecular complexity index is 264. The molecule has 0 aliphatic heterocycles. The molecule has 2 heteroatoms. The van der Waals surface area contributed by atoms with E-state index < -0.39 is 0 Å². The average molecular weight is 178 g/mol. The first-order chi connectivity index (χ1) is 6.26. The summed E-state index contributed by atoms with van der Waals surface area (Å²) in [5.41, 5.74) is 1.91. The van der Waals surface area contributed by atoms with Crippen LogP contribution in [-0.2, 0) is 11.2 Å². The van der Waals surface area contributed by atoms with Crippen molar-refractivity contribution in [3.05, 3.63) is 35.4 Å². The molecular formula is C11H14O2. The third-order valence-corrected chi connectivity index (χ3v) is 2.04. The molecule has 0 heterocycles. The molecule has 0 bridgehead atoms. The van der Waals surface area contributed by atoms with Gasteiger partial charge in [0.1, 0.15) is 6.29 Å². The zero-order chi connectivity index (χ0) is 9.68. The van der Waals surface area contributed by atoms with E-state index in [0.717, 1.165) is 12.7 Å². The van der Waals surface area contributed by atoms with Crippen molar-refractivity contribution in [2.75, 3.05) is 7.11 Å². The van der Waals surface area contributed by atoms with Crippen LogP contribution < -0.4 is 0 Å². The van der Waals surface area contributed by atoms with Gasteiger partial charge in [-0.1, -0.05) is 24.3 Å². The highest BCUT2D eigenvalue weighted by molar-refractivity contribution is 5.74. The normalized spacial score (nSPS) is 12.5. The van der Waals surface area contributed by atoms with Crippen LogP contribution in [0.15, 0.2) is 24.3 Å². The van der Waals surface area contributed by atoms with Gasteiger partial charge in [-0.05, 0) is 18.9 Å². The molecule has 2 nitrogen and oxygen atoms in total. The van der Waals surface area contributed by atoms with E-state index in [2.05, 4.69) is 0 Å². The molecule has 0 spiro atoms. The maximum Gasteiger partial charge on any atom is 0.150 e. The molecule has 1 rings (SSSR count). The Morgan fingerprint density at radius 2 is 2.00 bits per heavy atom. The van der Waals surface area contributed by atoms with Crippen LogP contribution in [0, 0.1) is 0 Å². The van der Waals surface area contributed by atoms with Crippen LogP contribution >= 0.6 is 0 Å². The van der Waals surface area contributed by atoms with Gasteiger partial charge in [0.25, 0.3) is 0 Å². The summed E-state index contributed by atoms with van der Waals surface area (Å²) >= 11 is 0. The molecular weight excluding hydrogens is 164 g/mol. The van der Waals surface area contributed by atoms with Crippen LogP contribution in [0.3, 0.4) is 0 Å². The number of rotatable bonds is 4. The number of carbonyl (C=O) groups is 1. The van der Waals surface area contributed by atoms with Gasteiger partial charge in [-0.3, -0.25) is 4.79 Å². The molecule has 0 aromatic heterocycles. The molecule has 1 aromatic carbocycles. The summed E-state index contributed by atoms with van der Waals surface area (Å²) in [5.74, 6) is 0. The predicted molar refractivity (Wildman–Crippen MR) is 52.0 cm³/mol. The van der Waals surface area contributed by atoms with E-state index in [4.69, 9.17) is 4.74 Å². The minimum absolute atomic E-state index is 0.224. The van der Waals surface area contributed by atoms with E-state index in [-0.39, 0.29) is 6.10 Å². The molecule has 1 atom stereocenters. The fourth-order valence-electron chi connectivity index (χ4n) is 1.15. The number of hydrogen-bond donors (Lipinski definition) is 0. The highest BCUT2D eigenvalue weighted by Gasteiger charge is 2.00. The third kappa shape index (κ3) is 2.99. The minimum atomic E-state index is 0.224. The fraction of sp³-hybridized carbons (Fsp3) is 0.364. The number of aldehydes is 1. The SMILES string of the molecule is COC(C)Cc1ccc(C=O)cc1. The Balaban J connectivity index is 2.63. The van der Waals surface area contributed by atoms with Crippen LogP contribution in [0.25, 0.3) is 0 Å². The van der Waals surface area contributed by atoms with Crippen molar-refractivity contribution < 1.29 is 9.53 Å². The van der Waals surface area contributed by atoms with Gasteiger partial charge in [0.2, 0.25) is 0 Å². The van der Waals surface area contributed by atoms with Gasteiger partial charge >= 0.3 is 0 Å². The van der Waals surface area contributed by atoms with E-state index in [1.807, 2.05) is 31.2 Å². The third-order valence-electron chi connectivity index (χ3n) is 2.04. The second kappa shape index (κ2) is 4.77. The molecule has 0 aliphatic carbocycles. The van der Waals surface area contributed by atoms with Crippen LogP contribution in [0.4, 0.5) is 0 Å². The Labute approximate surface area is 78.5 Å². The number of methoxy groups -OCH3 is 1. The van der Waals surface area contributed by atoms with Gasteiger partial charge in [0.15, 0.2) is 0 Å². The highest BCUT2D eigenvalue weighted by Crippen LogP contribution is 2.06. The van der Waals surface area contributed by atoms with Gasteiger partial charge in [-0.15, -0.1) is 0 Å². The quantitative estimate of drug-likeness (QED) is 0.660. The zero-order valence-corrected chi connectivity index (χ0v) is 7.99. The zero-order valence-electron chi connectivity index (χ0n) is 7.99. The van der Waals surface area contributed by atoms with Gasteiger partial charge < -0.3 is 4.74 Å². The largest absolute Gasteiger partial charge is 0.381 e. The summed E-state index contributed by atoms with van der Waals surface area (Å²) in [4.78, 5) is 10.4. The summed E-state index contributed by atoms with van der Waals surface area (Å²) in [7, 11) is 1.70. The van der Waals surface area contributed by atoms with E-state index in [1.54, 1.807) is 7.11 Å². The van der Waals surface area contributed by atoms with E-state index in [9.17, 15) is 4.79 Å². The average Bonchev–Trinajstić information content (AvgIpc) is 2.19. The molecule has 1 aromatic rings. The number of ether oxygens (including phenoxy) is 1. The van der Waals surface area contributed by atoms with Crippen molar-refractivity contribution in [1.29, 1.82) is 0 Å². The van der Waals surface area contributed by atoms with Crippen LogP contribution in [0.1, 0.15) is 22.8 Å². The summed E-state index contributed by atoms with van der Waals surface area (Å²) in [5, 5.41) is 0. The lowest BCUT2D eigenvalue weighted by Gasteiger charge is -2.08. The molecule has 0 fully saturated rings. The number of carbonyl (C=O) groups excluding carboxylic acids is 1. The van der Waals surface area contributed by atoms with Gasteiger partial charge in [0, 0.05) is 12.7 Å². The van der Waals surface area contributed by atoms with Crippen molar-refractivity contribution in [1.82, 2.24) is 0 Å². The maximum absolute atomic E-state index is 10.4. The molecule has 0 saturated heterocycles. The highest BCUT2D eigenvalue weighted by atomic mass is 16.5. The van der Waals surface area contributed by atoms with Crippen LogP contribution in [0.2, 0.25) is 0 Å². The van der Waals surface area contributed by atoms with Crippen molar-refractivity contribution in [2.24, 2.45) is 0 Å². The molecule has 70 valence electrons. The first kappa shape index (κ1) is 9.93. The molecule has 1 unspecified atom stereocenters. The Morgan fingerprint density at radius 3 is 2.46 bits per heavy atom. The fourth-order valence-corrected chi connectivity index (χ4v) is 1.15. The van der Waals surface area contributed by atoms with E-state index >= 15 is 0 Å². The first-order valence-electron chi connectivity index (χ1n) is 4.33. The minimum Gasteiger partial charge on any atom is -0.381 e. The lowest BCUT2D eigenvalue weighted by Crippen LogP contribution is -2.08. The Morgan fingerprint density at radius 1 is 1.38 bits per heavy atom. The molecule has 0 saturated carbocycles. The van der Waals surface area contributed by atoms with Crippen LogP contribution in [0.5, 0.6) is 0 Å². The maximum atomic E-state index is 10.4. The van der Waals surface area contributed by atoms with Crippen LogP contribution in [-0.4, -0.2) is 19.5 Å².